The van der Waals surface area contributed by atoms with E-state index in [1.807, 2.05) is 6.92 Å². The summed E-state index contributed by atoms with van der Waals surface area (Å²) in [5.41, 5.74) is 6.29. The zero-order valence-electron chi connectivity index (χ0n) is 8.47. The van der Waals surface area contributed by atoms with Crippen LogP contribution in [0.4, 0.5) is 8.78 Å². The van der Waals surface area contributed by atoms with Crippen LogP contribution < -0.4 is 10.5 Å². The van der Waals surface area contributed by atoms with Crippen molar-refractivity contribution in [3.63, 3.8) is 0 Å². The summed E-state index contributed by atoms with van der Waals surface area (Å²) in [6.07, 6.45) is 1.41. The Labute approximate surface area is 87.0 Å². The van der Waals surface area contributed by atoms with Gasteiger partial charge in [-0.1, -0.05) is 13.3 Å². The third-order valence-electron chi connectivity index (χ3n) is 2.64. The molecule has 82 valence electrons. The van der Waals surface area contributed by atoms with Crippen molar-refractivity contribution in [3.05, 3.63) is 29.3 Å². The van der Waals surface area contributed by atoms with Gasteiger partial charge in [0.2, 0.25) is 0 Å². The fraction of sp³-hybridized carbons (Fsp3) is 0.455. The molecular formula is C11H13F2NO. The van der Waals surface area contributed by atoms with Crippen LogP contribution in [-0.2, 0) is 0 Å². The minimum Gasteiger partial charge on any atom is -0.485 e. The molecule has 0 saturated carbocycles. The summed E-state index contributed by atoms with van der Waals surface area (Å²) >= 11 is 0. The van der Waals surface area contributed by atoms with Gasteiger partial charge in [-0.25, -0.2) is 8.78 Å². The Bertz CT molecular complexity index is 381. The van der Waals surface area contributed by atoms with Gasteiger partial charge in [0, 0.05) is 11.6 Å². The second-order valence-electron chi connectivity index (χ2n) is 3.78. The van der Waals surface area contributed by atoms with Crippen LogP contribution in [0.1, 0.15) is 31.4 Å². The molecule has 2 unspecified atom stereocenters. The van der Waals surface area contributed by atoms with Gasteiger partial charge in [-0.05, 0) is 12.5 Å². The van der Waals surface area contributed by atoms with Gasteiger partial charge in [-0.15, -0.1) is 0 Å². The van der Waals surface area contributed by atoms with Crippen molar-refractivity contribution < 1.29 is 13.5 Å². The molecule has 0 spiro atoms. The van der Waals surface area contributed by atoms with Gasteiger partial charge in [-0.2, -0.15) is 0 Å². The van der Waals surface area contributed by atoms with E-state index in [1.54, 1.807) is 0 Å². The second-order valence-corrected chi connectivity index (χ2v) is 3.78. The number of hydrogen-bond donors (Lipinski definition) is 1. The molecule has 0 saturated heterocycles. The first-order valence-electron chi connectivity index (χ1n) is 5.04. The quantitative estimate of drug-likeness (QED) is 0.819. The van der Waals surface area contributed by atoms with Gasteiger partial charge >= 0.3 is 0 Å². The predicted molar refractivity (Wildman–Crippen MR) is 52.6 cm³/mol. The molecule has 2 atom stereocenters. The lowest BCUT2D eigenvalue weighted by Gasteiger charge is -2.13. The molecule has 0 aromatic heterocycles. The number of rotatable bonds is 2. The molecular weight excluding hydrogens is 200 g/mol. The van der Waals surface area contributed by atoms with E-state index in [0.717, 1.165) is 18.9 Å². The first-order chi connectivity index (χ1) is 7.13. The minimum atomic E-state index is -0.668. The van der Waals surface area contributed by atoms with E-state index in [9.17, 15) is 8.78 Å². The molecule has 1 heterocycles. The zero-order chi connectivity index (χ0) is 11.0. The summed E-state index contributed by atoms with van der Waals surface area (Å²) in [5.74, 6) is -1.16. The first-order valence-corrected chi connectivity index (χ1v) is 5.04. The highest BCUT2D eigenvalue weighted by Crippen LogP contribution is 2.39. The van der Waals surface area contributed by atoms with E-state index in [0.29, 0.717) is 5.56 Å². The summed E-state index contributed by atoms with van der Waals surface area (Å²) in [7, 11) is 0. The van der Waals surface area contributed by atoms with E-state index < -0.39 is 17.7 Å². The summed E-state index contributed by atoms with van der Waals surface area (Å²) < 4.78 is 31.7. The number of nitrogens with two attached hydrogens (primary N) is 1. The molecule has 2 N–H and O–H groups in total. The third-order valence-corrected chi connectivity index (χ3v) is 2.64. The summed E-state index contributed by atoms with van der Waals surface area (Å²) in [4.78, 5) is 0. The Kier molecular flexibility index (Phi) is 2.61. The lowest BCUT2D eigenvalue weighted by molar-refractivity contribution is 0.188. The standard InChI is InChI=1S/C11H13F2NO/c1-2-3-9-10(14)7-4-6(12)5-8(13)11(7)15-9/h4-5,9-10H,2-3,14H2,1H3. The normalized spacial score (nSPS) is 23.7. The topological polar surface area (TPSA) is 35.2 Å². The van der Waals surface area contributed by atoms with Crippen LogP contribution in [0.15, 0.2) is 12.1 Å². The van der Waals surface area contributed by atoms with Crippen molar-refractivity contribution in [2.24, 2.45) is 5.73 Å². The Morgan fingerprint density at radius 3 is 2.80 bits per heavy atom. The Morgan fingerprint density at radius 1 is 1.40 bits per heavy atom. The Hall–Kier alpha value is -1.16. The molecule has 0 amide bonds. The van der Waals surface area contributed by atoms with Crippen LogP contribution >= 0.6 is 0 Å². The number of ether oxygens (including phenoxy) is 1. The highest BCUT2D eigenvalue weighted by atomic mass is 19.1. The van der Waals surface area contributed by atoms with Crippen molar-refractivity contribution in [1.29, 1.82) is 0 Å². The molecule has 2 nitrogen and oxygen atoms in total. The van der Waals surface area contributed by atoms with Gasteiger partial charge in [0.05, 0.1) is 6.04 Å². The number of benzene rings is 1. The highest BCUT2D eigenvalue weighted by Gasteiger charge is 2.33. The number of hydrogen-bond acceptors (Lipinski definition) is 2. The molecule has 2 rings (SSSR count). The van der Waals surface area contributed by atoms with Crippen molar-refractivity contribution >= 4 is 0 Å². The molecule has 1 aliphatic heterocycles. The van der Waals surface area contributed by atoms with Gasteiger partial charge in [0.15, 0.2) is 11.6 Å². The molecule has 1 aromatic carbocycles. The van der Waals surface area contributed by atoms with E-state index in [-0.39, 0.29) is 11.9 Å². The lowest BCUT2D eigenvalue weighted by atomic mass is 10.0. The molecule has 0 radical (unpaired) electrons. The van der Waals surface area contributed by atoms with E-state index in [2.05, 4.69) is 0 Å². The minimum absolute atomic E-state index is 0.113. The fourth-order valence-corrected chi connectivity index (χ4v) is 1.90. The van der Waals surface area contributed by atoms with Gasteiger partial charge < -0.3 is 10.5 Å². The third kappa shape index (κ3) is 1.69. The maximum absolute atomic E-state index is 13.3. The lowest BCUT2D eigenvalue weighted by Crippen LogP contribution is -2.24. The van der Waals surface area contributed by atoms with Crippen LogP contribution in [0.3, 0.4) is 0 Å². The molecule has 1 aliphatic rings. The maximum atomic E-state index is 13.3. The van der Waals surface area contributed by atoms with Crippen molar-refractivity contribution in [3.8, 4) is 5.75 Å². The smallest absolute Gasteiger partial charge is 0.168 e. The average Bonchev–Trinajstić information content (AvgIpc) is 2.47. The highest BCUT2D eigenvalue weighted by molar-refractivity contribution is 5.42. The summed E-state index contributed by atoms with van der Waals surface area (Å²) in [6, 6.07) is 1.64. The van der Waals surface area contributed by atoms with Crippen LogP contribution in [0, 0.1) is 11.6 Å². The Morgan fingerprint density at radius 2 is 2.13 bits per heavy atom. The summed E-state index contributed by atoms with van der Waals surface area (Å²) in [6.45, 7) is 2.00. The van der Waals surface area contributed by atoms with Crippen LogP contribution in [0.5, 0.6) is 5.75 Å². The number of fused-ring (bicyclic) bond motifs is 1. The van der Waals surface area contributed by atoms with E-state index in [4.69, 9.17) is 10.5 Å². The molecule has 0 bridgehead atoms. The monoisotopic (exact) mass is 213 g/mol. The zero-order valence-corrected chi connectivity index (χ0v) is 8.47. The second kappa shape index (κ2) is 3.77. The number of halogens is 2. The van der Waals surface area contributed by atoms with Gasteiger partial charge in [0.25, 0.3) is 0 Å². The van der Waals surface area contributed by atoms with Crippen LogP contribution in [0.2, 0.25) is 0 Å². The average molecular weight is 213 g/mol. The summed E-state index contributed by atoms with van der Waals surface area (Å²) in [5, 5.41) is 0. The molecule has 0 fully saturated rings. The predicted octanol–water partition coefficient (Wildman–Crippen LogP) is 2.53. The maximum Gasteiger partial charge on any atom is 0.168 e. The SMILES string of the molecule is CCCC1Oc2c(F)cc(F)cc2C1N. The Balaban J connectivity index is 2.36. The molecule has 0 aliphatic carbocycles. The van der Waals surface area contributed by atoms with Crippen molar-refractivity contribution in [2.75, 3.05) is 0 Å². The van der Waals surface area contributed by atoms with Crippen molar-refractivity contribution in [2.45, 2.75) is 31.9 Å². The van der Waals surface area contributed by atoms with Crippen molar-refractivity contribution in [1.82, 2.24) is 0 Å². The fourth-order valence-electron chi connectivity index (χ4n) is 1.90. The molecule has 15 heavy (non-hydrogen) atoms. The van der Waals surface area contributed by atoms with E-state index in [1.165, 1.54) is 6.07 Å². The van der Waals surface area contributed by atoms with Crippen LogP contribution in [-0.4, -0.2) is 6.10 Å². The van der Waals surface area contributed by atoms with Gasteiger partial charge in [-0.3, -0.25) is 0 Å². The van der Waals surface area contributed by atoms with Gasteiger partial charge in [0.1, 0.15) is 11.9 Å². The van der Waals surface area contributed by atoms with E-state index >= 15 is 0 Å². The largest absolute Gasteiger partial charge is 0.485 e. The molecule has 1 aromatic rings. The molecule has 4 heteroatoms. The first kappa shape index (κ1) is 10.4. The van der Waals surface area contributed by atoms with Crippen LogP contribution in [0.25, 0.3) is 0 Å².